The highest BCUT2D eigenvalue weighted by atomic mass is 16.5. The Kier molecular flexibility index (Phi) is 9.32. The van der Waals surface area contributed by atoms with Crippen molar-refractivity contribution in [3.05, 3.63) is 65.7 Å². The normalized spacial score (nSPS) is 21.9. The zero-order valence-corrected chi connectivity index (χ0v) is 21.8. The molecule has 0 saturated heterocycles. The first-order chi connectivity index (χ1) is 16.3. The molecule has 0 amide bonds. The highest BCUT2D eigenvalue weighted by Gasteiger charge is 2.37. The van der Waals surface area contributed by atoms with E-state index in [4.69, 9.17) is 4.74 Å². The number of carbonyl (C=O) groups is 1. The van der Waals surface area contributed by atoms with Crippen LogP contribution < -0.4 is 4.90 Å². The Hall–Kier alpha value is -2.62. The molecule has 0 bridgehead atoms. The molecule has 4 nitrogen and oxygen atoms in total. The van der Waals surface area contributed by atoms with Gasteiger partial charge in [-0.15, -0.1) is 0 Å². The van der Waals surface area contributed by atoms with Crippen LogP contribution in [0.3, 0.4) is 0 Å². The van der Waals surface area contributed by atoms with Gasteiger partial charge in [-0.3, -0.25) is 4.99 Å². The van der Waals surface area contributed by atoms with Gasteiger partial charge >= 0.3 is 5.97 Å². The number of benzene rings is 2. The summed E-state index contributed by atoms with van der Waals surface area (Å²) in [6.07, 6.45) is 4.55. The first kappa shape index (κ1) is 26.0. The van der Waals surface area contributed by atoms with Crippen molar-refractivity contribution < 1.29 is 9.53 Å². The second-order valence-corrected chi connectivity index (χ2v) is 10.2. The van der Waals surface area contributed by atoms with Gasteiger partial charge in [-0.25, -0.2) is 4.79 Å². The summed E-state index contributed by atoms with van der Waals surface area (Å²) in [4.78, 5) is 20.8. The minimum absolute atomic E-state index is 0.0307. The number of para-hydroxylation sites is 1. The number of anilines is 1. The van der Waals surface area contributed by atoms with Crippen LogP contribution in [-0.2, 0) is 16.0 Å². The first-order valence-corrected chi connectivity index (χ1v) is 12.9. The predicted octanol–water partition coefficient (Wildman–Crippen LogP) is 6.86. The summed E-state index contributed by atoms with van der Waals surface area (Å²) in [5.41, 5.74) is 3.25. The smallest absolute Gasteiger partial charge is 0.329 e. The van der Waals surface area contributed by atoms with E-state index in [0.29, 0.717) is 24.2 Å². The molecule has 34 heavy (non-hydrogen) atoms. The van der Waals surface area contributed by atoms with Crippen LogP contribution in [0.2, 0.25) is 0 Å². The second-order valence-electron chi connectivity index (χ2n) is 10.2. The van der Waals surface area contributed by atoms with Gasteiger partial charge in [0.15, 0.2) is 0 Å². The molecule has 0 radical (unpaired) electrons. The average Bonchev–Trinajstić information content (AvgIpc) is 2.82. The Morgan fingerprint density at radius 2 is 1.76 bits per heavy atom. The number of esters is 1. The van der Waals surface area contributed by atoms with E-state index in [2.05, 4.69) is 68.8 Å². The van der Waals surface area contributed by atoms with Crippen LogP contribution in [0.5, 0.6) is 0 Å². The molecule has 0 heterocycles. The summed E-state index contributed by atoms with van der Waals surface area (Å²) in [6, 6.07) is 18.0. The molecule has 0 N–H and O–H groups in total. The minimum Gasteiger partial charge on any atom is -0.461 e. The highest BCUT2D eigenvalue weighted by Crippen LogP contribution is 2.36. The van der Waals surface area contributed by atoms with E-state index < -0.39 is 6.04 Å². The molecule has 184 valence electrons. The van der Waals surface area contributed by atoms with E-state index in [1.54, 1.807) is 0 Å². The number of amidine groups is 1. The molecule has 2 aromatic rings. The lowest BCUT2D eigenvalue weighted by Crippen LogP contribution is -2.49. The highest BCUT2D eigenvalue weighted by molar-refractivity contribution is 6.03. The zero-order chi connectivity index (χ0) is 24.7. The summed E-state index contributed by atoms with van der Waals surface area (Å²) in [5, 5.41) is 0. The van der Waals surface area contributed by atoms with E-state index in [9.17, 15) is 4.79 Å². The van der Waals surface area contributed by atoms with Crippen LogP contribution in [0, 0.1) is 24.7 Å². The Labute approximate surface area is 206 Å². The van der Waals surface area contributed by atoms with Crippen molar-refractivity contribution in [3.8, 4) is 0 Å². The molecule has 1 saturated carbocycles. The third-order valence-electron chi connectivity index (χ3n) is 7.31. The molecule has 4 heteroatoms. The van der Waals surface area contributed by atoms with Crippen LogP contribution in [0.1, 0.15) is 64.5 Å². The Morgan fingerprint density at radius 1 is 1.09 bits per heavy atom. The lowest BCUT2D eigenvalue weighted by Gasteiger charge is -2.39. The minimum atomic E-state index is -0.479. The largest absolute Gasteiger partial charge is 0.461 e. The third kappa shape index (κ3) is 6.28. The molecule has 0 aliphatic heterocycles. The number of hydrogen-bond acceptors (Lipinski definition) is 3. The number of aryl methyl sites for hydroxylation is 1. The molecule has 3 rings (SSSR count). The van der Waals surface area contributed by atoms with Crippen molar-refractivity contribution in [3.63, 3.8) is 0 Å². The van der Waals surface area contributed by atoms with Crippen molar-refractivity contribution in [2.45, 2.75) is 78.9 Å². The van der Waals surface area contributed by atoms with E-state index in [1.165, 1.54) is 6.42 Å². The molecule has 0 aromatic heterocycles. The molecule has 4 atom stereocenters. The number of ether oxygens (including phenoxy) is 1. The van der Waals surface area contributed by atoms with E-state index in [-0.39, 0.29) is 12.1 Å². The Bertz CT molecular complexity index is 953. The summed E-state index contributed by atoms with van der Waals surface area (Å²) in [7, 11) is 1.81. The third-order valence-corrected chi connectivity index (χ3v) is 7.31. The van der Waals surface area contributed by atoms with E-state index in [1.807, 2.05) is 37.4 Å². The van der Waals surface area contributed by atoms with Gasteiger partial charge < -0.3 is 9.64 Å². The molecule has 1 fully saturated rings. The van der Waals surface area contributed by atoms with Gasteiger partial charge in [-0.05, 0) is 54.7 Å². The van der Waals surface area contributed by atoms with Crippen molar-refractivity contribution in [1.29, 1.82) is 0 Å². The fraction of sp³-hybridized carbons (Fsp3) is 0.533. The number of hydrogen-bond donors (Lipinski definition) is 0. The zero-order valence-electron chi connectivity index (χ0n) is 21.8. The first-order valence-electron chi connectivity index (χ1n) is 12.9. The lowest BCUT2D eigenvalue weighted by molar-refractivity contribution is -0.157. The fourth-order valence-electron chi connectivity index (χ4n) is 5.35. The summed E-state index contributed by atoms with van der Waals surface area (Å²) in [5.74, 6) is 2.23. The number of rotatable bonds is 8. The van der Waals surface area contributed by atoms with Gasteiger partial charge in [0.05, 0.1) is 0 Å². The SMILES string of the molecule is CC/C(=N\C)N(c1ccccc1C)[C@H](Cc1ccccc1)C(=O)O[C@@H]1C[C@H](C)CC[C@H]1C(C)C. The molecule has 1 aliphatic carbocycles. The molecule has 2 aromatic carbocycles. The topological polar surface area (TPSA) is 41.9 Å². The van der Waals surface area contributed by atoms with Crippen molar-refractivity contribution in [2.75, 3.05) is 11.9 Å². The van der Waals surface area contributed by atoms with Crippen molar-refractivity contribution >= 4 is 17.5 Å². The summed E-state index contributed by atoms with van der Waals surface area (Å²) >= 11 is 0. The maximum absolute atomic E-state index is 14.0. The molecule has 0 unspecified atom stereocenters. The molecule has 1 aliphatic rings. The average molecular weight is 463 g/mol. The van der Waals surface area contributed by atoms with E-state index >= 15 is 0 Å². The number of aliphatic imine (C=N–C) groups is 1. The van der Waals surface area contributed by atoms with Gasteiger partial charge in [0.1, 0.15) is 18.0 Å². The van der Waals surface area contributed by atoms with Crippen LogP contribution in [0.25, 0.3) is 0 Å². The van der Waals surface area contributed by atoms with Crippen molar-refractivity contribution in [2.24, 2.45) is 22.7 Å². The van der Waals surface area contributed by atoms with Gasteiger partial charge in [-0.1, -0.05) is 82.6 Å². The maximum atomic E-state index is 14.0. The predicted molar refractivity (Wildman–Crippen MR) is 142 cm³/mol. The summed E-state index contributed by atoms with van der Waals surface area (Å²) < 4.78 is 6.42. The van der Waals surface area contributed by atoms with Gasteiger partial charge in [0.2, 0.25) is 0 Å². The lowest BCUT2D eigenvalue weighted by atomic mass is 9.75. The Morgan fingerprint density at radius 3 is 2.38 bits per heavy atom. The van der Waals surface area contributed by atoms with Crippen LogP contribution in [0.15, 0.2) is 59.6 Å². The van der Waals surface area contributed by atoms with Crippen LogP contribution in [-0.4, -0.2) is 31.0 Å². The fourth-order valence-corrected chi connectivity index (χ4v) is 5.35. The molecular formula is C30H42N2O2. The van der Waals surface area contributed by atoms with Crippen molar-refractivity contribution in [1.82, 2.24) is 0 Å². The number of nitrogens with zero attached hydrogens (tertiary/aromatic N) is 2. The molecular weight excluding hydrogens is 420 g/mol. The standard InChI is InChI=1S/C30H42N2O2/c1-7-29(31-6)32(26-16-12-11-13-23(26)5)27(20-24-14-9-8-10-15-24)30(33)34-28-19-22(4)17-18-25(28)21(2)3/h8-16,21-22,25,27-28H,7,17-20H2,1-6H3/b31-29+/t22-,25+,27-,28-/m1/s1. The summed E-state index contributed by atoms with van der Waals surface area (Å²) in [6.45, 7) is 11.0. The maximum Gasteiger partial charge on any atom is 0.329 e. The van der Waals surface area contributed by atoms with E-state index in [0.717, 1.165) is 41.9 Å². The number of carbonyl (C=O) groups excluding carboxylic acids is 1. The van der Waals surface area contributed by atoms with Gasteiger partial charge in [-0.2, -0.15) is 0 Å². The van der Waals surface area contributed by atoms with Crippen LogP contribution in [0.4, 0.5) is 5.69 Å². The Balaban J connectivity index is 2.02. The molecule has 0 spiro atoms. The van der Waals surface area contributed by atoms with Gasteiger partial charge in [0.25, 0.3) is 0 Å². The quantitative estimate of drug-likeness (QED) is 0.245. The van der Waals surface area contributed by atoms with Gasteiger partial charge in [0, 0.05) is 25.6 Å². The van der Waals surface area contributed by atoms with Crippen LogP contribution >= 0.6 is 0 Å². The second kappa shape index (κ2) is 12.2. The monoisotopic (exact) mass is 462 g/mol.